The smallest absolute Gasteiger partial charge is 0.323 e. The van der Waals surface area contributed by atoms with Gasteiger partial charge in [0.1, 0.15) is 5.69 Å². The number of amides is 2. The number of H-pyrrole nitrogens is 3. The fraction of sp³-hybridized carbons (Fsp3) is 0.0476. The maximum Gasteiger partial charge on any atom is 0.323 e. The quantitative estimate of drug-likeness (QED) is 0.287. The number of nitrogen functional groups attached to an aromatic ring is 1. The Bertz CT molecular complexity index is 1420. The molecule has 0 atom stereocenters. The molecule has 0 aliphatic rings. The minimum Gasteiger partial charge on any atom is -0.399 e. The standard InChI is InChI=1S/C21H18N6O4/c22-12-8-16(25-17(28)9-12)20(30)24-13-4-1-3-11(7-13)10-23-19(29)14-5-2-6-15-18(14)27-21(31)26-15/h1-9H,10H2,(H,23,29)(H,24,30)(H3,22,25,28)(H2,26,27,31). The van der Waals surface area contributed by atoms with Gasteiger partial charge in [-0.3, -0.25) is 14.4 Å². The fourth-order valence-corrected chi connectivity index (χ4v) is 3.17. The third-order valence-corrected chi connectivity index (χ3v) is 4.54. The van der Waals surface area contributed by atoms with Crippen molar-refractivity contribution in [2.75, 3.05) is 11.1 Å². The van der Waals surface area contributed by atoms with Crippen LogP contribution >= 0.6 is 0 Å². The van der Waals surface area contributed by atoms with Gasteiger partial charge < -0.3 is 31.3 Å². The Hall–Kier alpha value is -4.60. The van der Waals surface area contributed by atoms with Crippen molar-refractivity contribution in [3.05, 3.63) is 92.3 Å². The lowest BCUT2D eigenvalue weighted by atomic mass is 10.1. The number of hydrogen-bond donors (Lipinski definition) is 6. The molecule has 0 spiro atoms. The number of nitrogens with one attached hydrogen (secondary N) is 5. The van der Waals surface area contributed by atoms with Gasteiger partial charge in [0.05, 0.1) is 16.6 Å². The first kappa shape index (κ1) is 19.7. The molecule has 31 heavy (non-hydrogen) atoms. The maximum atomic E-state index is 12.6. The molecular formula is C21H18N6O4. The van der Waals surface area contributed by atoms with Gasteiger partial charge in [0.15, 0.2) is 0 Å². The zero-order valence-corrected chi connectivity index (χ0v) is 16.1. The van der Waals surface area contributed by atoms with Crippen molar-refractivity contribution in [2.24, 2.45) is 0 Å². The van der Waals surface area contributed by atoms with E-state index in [0.29, 0.717) is 22.3 Å². The minimum absolute atomic E-state index is 0.0392. The van der Waals surface area contributed by atoms with Crippen LogP contribution in [-0.2, 0) is 6.54 Å². The summed E-state index contributed by atoms with van der Waals surface area (Å²) in [5.41, 5.74) is 7.50. The van der Waals surface area contributed by atoms with Crippen LogP contribution in [0.1, 0.15) is 26.4 Å². The summed E-state index contributed by atoms with van der Waals surface area (Å²) in [6.45, 7) is 0.197. The van der Waals surface area contributed by atoms with Crippen molar-refractivity contribution in [2.45, 2.75) is 6.54 Å². The fourth-order valence-electron chi connectivity index (χ4n) is 3.17. The van der Waals surface area contributed by atoms with E-state index < -0.39 is 11.5 Å². The van der Waals surface area contributed by atoms with E-state index in [1.165, 1.54) is 12.1 Å². The van der Waals surface area contributed by atoms with Gasteiger partial charge in [-0.25, -0.2) is 4.79 Å². The molecule has 2 aromatic carbocycles. The molecule has 0 unspecified atom stereocenters. The van der Waals surface area contributed by atoms with Crippen LogP contribution in [0.3, 0.4) is 0 Å². The lowest BCUT2D eigenvalue weighted by Gasteiger charge is -2.09. The van der Waals surface area contributed by atoms with Crippen molar-refractivity contribution in [3.8, 4) is 0 Å². The molecule has 0 aliphatic heterocycles. The van der Waals surface area contributed by atoms with Crippen molar-refractivity contribution < 1.29 is 9.59 Å². The molecule has 4 rings (SSSR count). The zero-order chi connectivity index (χ0) is 22.0. The van der Waals surface area contributed by atoms with Gasteiger partial charge >= 0.3 is 5.69 Å². The summed E-state index contributed by atoms with van der Waals surface area (Å²) in [7, 11) is 0. The molecule has 4 aromatic rings. The van der Waals surface area contributed by atoms with Gasteiger partial charge in [0.25, 0.3) is 17.4 Å². The van der Waals surface area contributed by atoms with Crippen LogP contribution in [0.4, 0.5) is 11.4 Å². The molecule has 0 saturated heterocycles. The number of carbonyl (C=O) groups is 2. The topological polar surface area (TPSA) is 166 Å². The molecule has 0 saturated carbocycles. The Morgan fingerprint density at radius 1 is 0.903 bits per heavy atom. The number of imidazole rings is 1. The van der Waals surface area contributed by atoms with Crippen molar-refractivity contribution in [1.29, 1.82) is 0 Å². The van der Waals surface area contributed by atoms with Crippen molar-refractivity contribution >= 4 is 34.2 Å². The lowest BCUT2D eigenvalue weighted by Crippen LogP contribution is -2.23. The van der Waals surface area contributed by atoms with E-state index in [1.807, 2.05) is 0 Å². The van der Waals surface area contributed by atoms with Crippen LogP contribution in [-0.4, -0.2) is 26.8 Å². The third-order valence-electron chi connectivity index (χ3n) is 4.54. The van der Waals surface area contributed by atoms with Gasteiger partial charge in [-0.2, -0.15) is 0 Å². The summed E-state index contributed by atoms with van der Waals surface area (Å²) in [5, 5.41) is 5.47. The number of para-hydroxylation sites is 1. The second-order valence-corrected chi connectivity index (χ2v) is 6.84. The molecule has 2 heterocycles. The summed E-state index contributed by atoms with van der Waals surface area (Å²) in [5.74, 6) is -0.874. The molecular weight excluding hydrogens is 400 g/mol. The molecule has 0 radical (unpaired) electrons. The Morgan fingerprint density at radius 2 is 1.71 bits per heavy atom. The van der Waals surface area contributed by atoms with Gasteiger partial charge in [-0.1, -0.05) is 18.2 Å². The summed E-state index contributed by atoms with van der Waals surface area (Å²) in [6.07, 6.45) is 0. The number of carbonyl (C=O) groups excluding carboxylic acids is 2. The number of nitrogens with two attached hydrogens (primary N) is 1. The summed E-state index contributed by atoms with van der Waals surface area (Å²) in [6, 6.07) is 14.4. The number of rotatable bonds is 5. The van der Waals surface area contributed by atoms with Crippen LogP contribution in [0, 0.1) is 0 Å². The molecule has 7 N–H and O–H groups in total. The van der Waals surface area contributed by atoms with E-state index in [-0.39, 0.29) is 29.5 Å². The largest absolute Gasteiger partial charge is 0.399 e. The summed E-state index contributed by atoms with van der Waals surface area (Å²) >= 11 is 0. The van der Waals surface area contributed by atoms with E-state index in [1.54, 1.807) is 42.5 Å². The number of pyridine rings is 1. The third kappa shape index (κ3) is 4.37. The maximum absolute atomic E-state index is 12.6. The van der Waals surface area contributed by atoms with E-state index in [2.05, 4.69) is 25.6 Å². The highest BCUT2D eigenvalue weighted by Gasteiger charge is 2.12. The predicted octanol–water partition coefficient (Wildman–Crippen LogP) is 1.31. The second kappa shape index (κ2) is 8.03. The van der Waals surface area contributed by atoms with E-state index in [9.17, 15) is 19.2 Å². The van der Waals surface area contributed by atoms with Crippen LogP contribution in [0.25, 0.3) is 11.0 Å². The number of aromatic amines is 3. The van der Waals surface area contributed by atoms with Crippen LogP contribution in [0.5, 0.6) is 0 Å². The Labute approximate surface area is 174 Å². The molecule has 2 aromatic heterocycles. The normalized spacial score (nSPS) is 10.7. The molecule has 10 heteroatoms. The van der Waals surface area contributed by atoms with Gasteiger partial charge in [-0.05, 0) is 35.9 Å². The average Bonchev–Trinajstić information content (AvgIpc) is 3.11. The number of benzene rings is 2. The summed E-state index contributed by atoms with van der Waals surface area (Å²) in [4.78, 5) is 55.6. The Morgan fingerprint density at radius 3 is 2.52 bits per heavy atom. The second-order valence-electron chi connectivity index (χ2n) is 6.84. The highest BCUT2D eigenvalue weighted by Crippen LogP contribution is 2.15. The number of fused-ring (bicyclic) bond motifs is 1. The van der Waals surface area contributed by atoms with Crippen LogP contribution < -0.4 is 27.6 Å². The predicted molar refractivity (Wildman–Crippen MR) is 116 cm³/mol. The Balaban J connectivity index is 1.46. The highest BCUT2D eigenvalue weighted by atomic mass is 16.2. The summed E-state index contributed by atoms with van der Waals surface area (Å²) < 4.78 is 0. The minimum atomic E-state index is -0.520. The molecule has 2 amide bonds. The lowest BCUT2D eigenvalue weighted by molar-refractivity contribution is 0.0951. The van der Waals surface area contributed by atoms with E-state index in [0.717, 1.165) is 5.56 Å². The first-order valence-corrected chi connectivity index (χ1v) is 9.28. The van der Waals surface area contributed by atoms with Crippen molar-refractivity contribution in [3.63, 3.8) is 0 Å². The zero-order valence-electron chi connectivity index (χ0n) is 16.1. The number of aromatic nitrogens is 3. The van der Waals surface area contributed by atoms with Crippen LogP contribution in [0.15, 0.2) is 64.2 Å². The number of anilines is 2. The molecule has 0 aliphatic carbocycles. The van der Waals surface area contributed by atoms with Crippen LogP contribution in [0.2, 0.25) is 0 Å². The Kier molecular flexibility index (Phi) is 5.10. The molecule has 10 nitrogen and oxygen atoms in total. The SMILES string of the molecule is Nc1cc(C(=O)Nc2cccc(CNC(=O)c3cccc4[nH]c(=O)[nH]c34)c2)[nH]c(=O)c1. The van der Waals surface area contributed by atoms with Crippen molar-refractivity contribution in [1.82, 2.24) is 20.3 Å². The monoisotopic (exact) mass is 418 g/mol. The first-order chi connectivity index (χ1) is 14.9. The average molecular weight is 418 g/mol. The highest BCUT2D eigenvalue weighted by molar-refractivity contribution is 6.05. The van der Waals surface area contributed by atoms with Gasteiger partial charge in [-0.15, -0.1) is 0 Å². The first-order valence-electron chi connectivity index (χ1n) is 9.28. The van der Waals surface area contributed by atoms with Gasteiger partial charge in [0.2, 0.25) is 0 Å². The molecule has 0 fully saturated rings. The molecule has 0 bridgehead atoms. The molecule has 156 valence electrons. The van der Waals surface area contributed by atoms with E-state index in [4.69, 9.17) is 5.73 Å². The van der Waals surface area contributed by atoms with E-state index >= 15 is 0 Å². The van der Waals surface area contributed by atoms with Gasteiger partial charge in [0, 0.05) is 24.0 Å². The number of hydrogen-bond acceptors (Lipinski definition) is 5.